The molecule has 0 spiro atoms. The SMILES string of the molecule is CCc1[nH]nc(NC(=O)c2ccc(CSC)o2)c1CC. The van der Waals surface area contributed by atoms with Crippen LogP contribution in [0.5, 0.6) is 0 Å². The van der Waals surface area contributed by atoms with E-state index in [1.54, 1.807) is 17.8 Å². The zero-order valence-corrected chi connectivity index (χ0v) is 12.8. The summed E-state index contributed by atoms with van der Waals surface area (Å²) in [6, 6.07) is 3.52. The van der Waals surface area contributed by atoms with Gasteiger partial charge in [-0.15, -0.1) is 0 Å². The van der Waals surface area contributed by atoms with Crippen molar-refractivity contribution in [1.29, 1.82) is 0 Å². The van der Waals surface area contributed by atoms with Crippen molar-refractivity contribution in [1.82, 2.24) is 10.2 Å². The van der Waals surface area contributed by atoms with Gasteiger partial charge in [0.2, 0.25) is 0 Å². The van der Waals surface area contributed by atoms with Crippen LogP contribution in [0.4, 0.5) is 5.82 Å². The van der Waals surface area contributed by atoms with Crippen LogP contribution in [0, 0.1) is 0 Å². The number of rotatable bonds is 6. The van der Waals surface area contributed by atoms with Crippen LogP contribution in [0.25, 0.3) is 0 Å². The molecule has 0 radical (unpaired) electrons. The number of aromatic nitrogens is 2. The first-order valence-corrected chi connectivity index (χ1v) is 8.04. The number of hydrogen-bond donors (Lipinski definition) is 2. The third kappa shape index (κ3) is 3.07. The third-order valence-electron chi connectivity index (χ3n) is 3.06. The molecule has 2 aromatic rings. The number of carbonyl (C=O) groups is 1. The van der Waals surface area contributed by atoms with E-state index in [4.69, 9.17) is 4.42 Å². The maximum atomic E-state index is 12.1. The van der Waals surface area contributed by atoms with Crippen LogP contribution in [0.3, 0.4) is 0 Å². The number of nitrogens with one attached hydrogen (secondary N) is 2. The second kappa shape index (κ2) is 6.65. The molecule has 0 aliphatic rings. The molecule has 2 rings (SSSR count). The number of H-pyrrole nitrogens is 1. The van der Waals surface area contributed by atoms with E-state index in [0.717, 1.165) is 35.6 Å². The highest BCUT2D eigenvalue weighted by atomic mass is 32.2. The average molecular weight is 293 g/mol. The number of nitrogens with zero attached hydrogens (tertiary/aromatic N) is 1. The molecule has 1 amide bonds. The molecule has 0 saturated heterocycles. The van der Waals surface area contributed by atoms with Crippen LogP contribution >= 0.6 is 11.8 Å². The fourth-order valence-electron chi connectivity index (χ4n) is 2.07. The summed E-state index contributed by atoms with van der Waals surface area (Å²) < 4.78 is 5.49. The van der Waals surface area contributed by atoms with Crippen LogP contribution in [0.1, 0.15) is 41.4 Å². The lowest BCUT2D eigenvalue weighted by atomic mass is 10.1. The first-order chi connectivity index (χ1) is 9.69. The molecule has 0 aromatic carbocycles. The van der Waals surface area contributed by atoms with Crippen molar-refractivity contribution in [2.45, 2.75) is 32.4 Å². The Hall–Kier alpha value is -1.69. The molecule has 0 fully saturated rings. The first kappa shape index (κ1) is 14.7. The van der Waals surface area contributed by atoms with Gasteiger partial charge < -0.3 is 9.73 Å². The minimum absolute atomic E-state index is 0.263. The Kier molecular flexibility index (Phi) is 4.89. The zero-order chi connectivity index (χ0) is 14.5. The van der Waals surface area contributed by atoms with Crippen molar-refractivity contribution in [2.24, 2.45) is 0 Å². The highest BCUT2D eigenvalue weighted by Crippen LogP contribution is 2.20. The third-order valence-corrected chi connectivity index (χ3v) is 3.64. The fourth-order valence-corrected chi connectivity index (χ4v) is 2.51. The molecule has 5 nitrogen and oxygen atoms in total. The van der Waals surface area contributed by atoms with Gasteiger partial charge in [0, 0.05) is 11.3 Å². The second-order valence-corrected chi connectivity index (χ2v) is 5.26. The van der Waals surface area contributed by atoms with Gasteiger partial charge in [-0.05, 0) is 31.2 Å². The Balaban J connectivity index is 2.12. The van der Waals surface area contributed by atoms with E-state index in [9.17, 15) is 4.79 Å². The molecule has 6 heteroatoms. The molecule has 108 valence electrons. The van der Waals surface area contributed by atoms with Crippen molar-refractivity contribution in [3.05, 3.63) is 34.9 Å². The van der Waals surface area contributed by atoms with Gasteiger partial charge in [0.25, 0.3) is 5.91 Å². The second-order valence-electron chi connectivity index (χ2n) is 4.39. The van der Waals surface area contributed by atoms with E-state index in [0.29, 0.717) is 11.6 Å². The molecule has 2 aromatic heterocycles. The van der Waals surface area contributed by atoms with E-state index < -0.39 is 0 Å². The Labute approximate surface area is 122 Å². The van der Waals surface area contributed by atoms with E-state index >= 15 is 0 Å². The van der Waals surface area contributed by atoms with Crippen LogP contribution < -0.4 is 5.32 Å². The summed E-state index contributed by atoms with van der Waals surface area (Å²) in [5.74, 6) is 2.21. The van der Waals surface area contributed by atoms with Crippen LogP contribution in [-0.2, 0) is 18.6 Å². The molecule has 2 heterocycles. The molecule has 0 bridgehead atoms. The van der Waals surface area contributed by atoms with Gasteiger partial charge in [0.1, 0.15) is 5.76 Å². The minimum atomic E-state index is -0.263. The smallest absolute Gasteiger partial charge is 0.292 e. The summed E-state index contributed by atoms with van der Waals surface area (Å²) in [5.41, 5.74) is 2.11. The normalized spacial score (nSPS) is 10.8. The largest absolute Gasteiger partial charge is 0.455 e. The molecular weight excluding hydrogens is 274 g/mol. The number of amides is 1. The molecule has 0 unspecified atom stereocenters. The lowest BCUT2D eigenvalue weighted by molar-refractivity contribution is 0.0995. The molecule has 0 atom stereocenters. The number of thioether (sulfide) groups is 1. The number of furan rings is 1. The summed E-state index contributed by atoms with van der Waals surface area (Å²) in [7, 11) is 0. The molecular formula is C14H19N3O2S. The van der Waals surface area contributed by atoms with Crippen LogP contribution in [0.15, 0.2) is 16.5 Å². The summed E-state index contributed by atoms with van der Waals surface area (Å²) in [6.45, 7) is 4.10. The van der Waals surface area contributed by atoms with Gasteiger partial charge in [-0.2, -0.15) is 16.9 Å². The van der Waals surface area contributed by atoms with Crippen molar-refractivity contribution in [3.63, 3.8) is 0 Å². The lowest BCUT2D eigenvalue weighted by Crippen LogP contribution is -2.12. The van der Waals surface area contributed by atoms with Gasteiger partial charge in [-0.1, -0.05) is 13.8 Å². The maximum absolute atomic E-state index is 12.1. The van der Waals surface area contributed by atoms with Gasteiger partial charge in [-0.3, -0.25) is 9.89 Å². The molecule has 0 aliphatic carbocycles. The van der Waals surface area contributed by atoms with Gasteiger partial charge >= 0.3 is 0 Å². The Bertz CT molecular complexity index is 589. The molecule has 20 heavy (non-hydrogen) atoms. The topological polar surface area (TPSA) is 70.9 Å². The highest BCUT2D eigenvalue weighted by molar-refractivity contribution is 7.97. The number of carbonyl (C=O) groups excluding carboxylic acids is 1. The average Bonchev–Trinajstić information content (AvgIpc) is 3.05. The summed E-state index contributed by atoms with van der Waals surface area (Å²) in [6.07, 6.45) is 3.68. The van der Waals surface area contributed by atoms with Crippen molar-refractivity contribution in [2.75, 3.05) is 11.6 Å². The number of aryl methyl sites for hydroxylation is 1. The molecule has 0 saturated carbocycles. The summed E-state index contributed by atoms with van der Waals surface area (Å²) in [5, 5.41) is 9.93. The standard InChI is InChI=1S/C14H19N3O2S/c1-4-10-11(5-2)16-17-13(10)15-14(18)12-7-6-9(19-12)8-20-3/h6-7H,4-5,8H2,1-3H3,(H2,15,16,17,18). The quantitative estimate of drug-likeness (QED) is 0.857. The minimum Gasteiger partial charge on any atom is -0.455 e. The number of anilines is 1. The first-order valence-electron chi connectivity index (χ1n) is 6.64. The number of hydrogen-bond acceptors (Lipinski definition) is 4. The molecule has 2 N–H and O–H groups in total. The van der Waals surface area contributed by atoms with E-state index in [-0.39, 0.29) is 5.91 Å². The lowest BCUT2D eigenvalue weighted by Gasteiger charge is -2.03. The van der Waals surface area contributed by atoms with E-state index in [2.05, 4.69) is 22.4 Å². The predicted molar refractivity (Wildman–Crippen MR) is 81.2 cm³/mol. The predicted octanol–water partition coefficient (Wildman–Crippen LogP) is 3.24. The Morgan fingerprint density at radius 2 is 2.20 bits per heavy atom. The zero-order valence-electron chi connectivity index (χ0n) is 11.9. The van der Waals surface area contributed by atoms with E-state index in [1.165, 1.54) is 0 Å². The van der Waals surface area contributed by atoms with Crippen molar-refractivity contribution in [3.8, 4) is 0 Å². The van der Waals surface area contributed by atoms with Crippen LogP contribution in [0.2, 0.25) is 0 Å². The number of aromatic amines is 1. The van der Waals surface area contributed by atoms with Crippen LogP contribution in [-0.4, -0.2) is 22.4 Å². The Morgan fingerprint density at radius 3 is 2.85 bits per heavy atom. The van der Waals surface area contributed by atoms with Gasteiger partial charge in [0.15, 0.2) is 11.6 Å². The van der Waals surface area contributed by atoms with Gasteiger partial charge in [0.05, 0.1) is 5.75 Å². The Morgan fingerprint density at radius 1 is 1.40 bits per heavy atom. The van der Waals surface area contributed by atoms with Crippen molar-refractivity contribution < 1.29 is 9.21 Å². The summed E-state index contributed by atoms with van der Waals surface area (Å²) in [4.78, 5) is 12.1. The maximum Gasteiger partial charge on any atom is 0.292 e. The monoisotopic (exact) mass is 293 g/mol. The van der Waals surface area contributed by atoms with Gasteiger partial charge in [-0.25, -0.2) is 0 Å². The van der Waals surface area contributed by atoms with E-state index in [1.807, 2.05) is 19.2 Å². The molecule has 0 aliphatic heterocycles. The fraction of sp³-hybridized carbons (Fsp3) is 0.429. The van der Waals surface area contributed by atoms with Crippen molar-refractivity contribution >= 4 is 23.5 Å². The summed E-state index contributed by atoms with van der Waals surface area (Å²) >= 11 is 1.65. The highest BCUT2D eigenvalue weighted by Gasteiger charge is 2.16.